The van der Waals surface area contributed by atoms with Gasteiger partial charge in [0.2, 0.25) is 0 Å². The van der Waals surface area contributed by atoms with Gasteiger partial charge in [-0.05, 0) is 32.9 Å². The molecule has 0 unspecified atom stereocenters. The van der Waals surface area contributed by atoms with Crippen molar-refractivity contribution in [2.45, 2.75) is 6.54 Å². The third kappa shape index (κ3) is 4.69. The lowest BCUT2D eigenvalue weighted by atomic mass is 10.3. The number of thiophene rings is 1. The molecular weight excluding hydrogens is 358 g/mol. The number of amides is 2. The summed E-state index contributed by atoms with van der Waals surface area (Å²) >= 11 is 5.02. The van der Waals surface area contributed by atoms with E-state index in [0.29, 0.717) is 32.7 Å². The van der Waals surface area contributed by atoms with Gasteiger partial charge >= 0.3 is 12.0 Å². The Balaban J connectivity index is 1.82. The lowest BCUT2D eigenvalue weighted by Crippen LogP contribution is -2.52. The molecule has 0 spiro atoms. The van der Waals surface area contributed by atoms with Crippen LogP contribution >= 0.6 is 27.3 Å². The molecule has 1 N–H and O–H groups in total. The summed E-state index contributed by atoms with van der Waals surface area (Å²) in [6, 6.07) is 2.01. The van der Waals surface area contributed by atoms with Gasteiger partial charge in [0.15, 0.2) is 0 Å². The molecule has 1 saturated heterocycles. The lowest BCUT2D eigenvalue weighted by Gasteiger charge is -2.35. The summed E-state index contributed by atoms with van der Waals surface area (Å²) < 4.78 is 1.06. The molecule has 116 valence electrons. The molecule has 1 aromatic rings. The molecule has 0 bridgehead atoms. The average molecular weight is 376 g/mol. The van der Waals surface area contributed by atoms with E-state index >= 15 is 0 Å². The summed E-state index contributed by atoms with van der Waals surface area (Å²) in [6.07, 6.45) is 0. The Morgan fingerprint density at radius 3 is 2.57 bits per heavy atom. The molecule has 6 nitrogen and oxygen atoms in total. The fraction of sp³-hybridized carbons (Fsp3) is 0.538. The van der Waals surface area contributed by atoms with Gasteiger partial charge in [-0.2, -0.15) is 0 Å². The minimum atomic E-state index is -0.824. The Hall–Kier alpha value is -1.12. The number of halogens is 1. The average Bonchev–Trinajstić information content (AvgIpc) is 2.83. The molecule has 0 radical (unpaired) electrons. The molecule has 2 rings (SSSR count). The van der Waals surface area contributed by atoms with Gasteiger partial charge in [0.05, 0.1) is 10.3 Å². The first kappa shape index (κ1) is 16.3. The smallest absolute Gasteiger partial charge is 0.320 e. The van der Waals surface area contributed by atoms with E-state index in [9.17, 15) is 9.59 Å². The van der Waals surface area contributed by atoms with Crippen molar-refractivity contribution in [3.63, 3.8) is 0 Å². The minimum absolute atomic E-state index is 0.00713. The SMILES string of the molecule is CN(Cc1csc(Br)c1)C(=O)N1CCN(CC(=O)O)CC1. The van der Waals surface area contributed by atoms with E-state index in [1.807, 2.05) is 16.3 Å². The fourth-order valence-electron chi connectivity index (χ4n) is 2.30. The van der Waals surface area contributed by atoms with Crippen molar-refractivity contribution in [3.05, 3.63) is 20.8 Å². The number of urea groups is 1. The first-order valence-electron chi connectivity index (χ1n) is 6.63. The topological polar surface area (TPSA) is 64.1 Å². The molecular formula is C13H18BrN3O3S. The van der Waals surface area contributed by atoms with Crippen molar-refractivity contribution in [2.24, 2.45) is 0 Å². The zero-order chi connectivity index (χ0) is 15.4. The predicted molar refractivity (Wildman–Crippen MR) is 84.5 cm³/mol. The van der Waals surface area contributed by atoms with Crippen molar-refractivity contribution in [3.8, 4) is 0 Å². The van der Waals surface area contributed by atoms with E-state index < -0.39 is 5.97 Å². The Kier molecular flexibility index (Phi) is 5.60. The van der Waals surface area contributed by atoms with E-state index in [-0.39, 0.29) is 12.6 Å². The van der Waals surface area contributed by atoms with Crippen molar-refractivity contribution < 1.29 is 14.7 Å². The van der Waals surface area contributed by atoms with Gasteiger partial charge in [0.1, 0.15) is 0 Å². The number of hydrogen-bond acceptors (Lipinski definition) is 4. The Morgan fingerprint density at radius 2 is 2.05 bits per heavy atom. The molecule has 2 heterocycles. The van der Waals surface area contributed by atoms with Gasteiger partial charge in [-0.3, -0.25) is 9.69 Å². The Bertz CT molecular complexity index is 515. The minimum Gasteiger partial charge on any atom is -0.480 e. The second-order valence-electron chi connectivity index (χ2n) is 5.05. The summed E-state index contributed by atoms with van der Waals surface area (Å²) in [5, 5.41) is 10.8. The maximum atomic E-state index is 12.3. The molecule has 0 atom stereocenters. The second kappa shape index (κ2) is 7.24. The number of hydrogen-bond donors (Lipinski definition) is 1. The van der Waals surface area contributed by atoms with E-state index in [0.717, 1.165) is 9.35 Å². The maximum Gasteiger partial charge on any atom is 0.320 e. The number of carbonyl (C=O) groups excluding carboxylic acids is 1. The van der Waals surface area contributed by atoms with Crippen LogP contribution in [0.2, 0.25) is 0 Å². The molecule has 0 aromatic carbocycles. The highest BCUT2D eigenvalue weighted by Gasteiger charge is 2.24. The number of carboxylic acid groups (broad SMARTS) is 1. The quantitative estimate of drug-likeness (QED) is 0.870. The summed E-state index contributed by atoms with van der Waals surface area (Å²) in [4.78, 5) is 28.3. The molecule has 21 heavy (non-hydrogen) atoms. The molecule has 8 heteroatoms. The van der Waals surface area contributed by atoms with E-state index in [1.54, 1.807) is 28.2 Å². The van der Waals surface area contributed by atoms with Gasteiger partial charge < -0.3 is 14.9 Å². The third-order valence-electron chi connectivity index (χ3n) is 3.37. The van der Waals surface area contributed by atoms with Crippen LogP contribution in [0.15, 0.2) is 15.2 Å². The molecule has 0 saturated carbocycles. The number of piperazine rings is 1. The van der Waals surface area contributed by atoms with Crippen molar-refractivity contribution in [2.75, 3.05) is 39.8 Å². The highest BCUT2D eigenvalue weighted by atomic mass is 79.9. The van der Waals surface area contributed by atoms with E-state index in [4.69, 9.17) is 5.11 Å². The number of rotatable bonds is 4. The first-order chi connectivity index (χ1) is 9.95. The van der Waals surface area contributed by atoms with Crippen LogP contribution in [-0.2, 0) is 11.3 Å². The summed E-state index contributed by atoms with van der Waals surface area (Å²) in [6.45, 7) is 2.98. The zero-order valence-electron chi connectivity index (χ0n) is 11.8. The van der Waals surface area contributed by atoms with Crippen LogP contribution in [0.4, 0.5) is 4.79 Å². The van der Waals surface area contributed by atoms with Gasteiger partial charge in [-0.25, -0.2) is 4.79 Å². The van der Waals surface area contributed by atoms with Crippen LogP contribution in [0.3, 0.4) is 0 Å². The van der Waals surface area contributed by atoms with Crippen LogP contribution in [0, 0.1) is 0 Å². The third-order valence-corrected chi connectivity index (χ3v) is 4.92. The Labute approximate surface area is 136 Å². The van der Waals surface area contributed by atoms with Crippen LogP contribution < -0.4 is 0 Å². The number of aliphatic carboxylic acids is 1. The molecule has 2 amide bonds. The Morgan fingerprint density at radius 1 is 1.38 bits per heavy atom. The van der Waals surface area contributed by atoms with Crippen LogP contribution in [0.25, 0.3) is 0 Å². The van der Waals surface area contributed by atoms with Gasteiger partial charge in [-0.1, -0.05) is 0 Å². The van der Waals surface area contributed by atoms with E-state index in [2.05, 4.69) is 15.9 Å². The van der Waals surface area contributed by atoms with Crippen LogP contribution in [-0.4, -0.2) is 71.6 Å². The lowest BCUT2D eigenvalue weighted by molar-refractivity contribution is -0.138. The number of carbonyl (C=O) groups is 2. The first-order valence-corrected chi connectivity index (χ1v) is 8.30. The maximum absolute atomic E-state index is 12.3. The standard InChI is InChI=1S/C13H18BrN3O3S/c1-15(7-10-6-11(14)21-9-10)13(20)17-4-2-16(3-5-17)8-12(18)19/h6,9H,2-5,7-8H2,1H3,(H,18,19). The normalized spacial score (nSPS) is 16.0. The summed E-state index contributed by atoms with van der Waals surface area (Å²) in [5.41, 5.74) is 1.10. The van der Waals surface area contributed by atoms with Crippen LogP contribution in [0.1, 0.15) is 5.56 Å². The number of nitrogens with zero attached hydrogens (tertiary/aromatic N) is 3. The summed E-state index contributed by atoms with van der Waals surface area (Å²) in [7, 11) is 1.79. The van der Waals surface area contributed by atoms with Crippen molar-refractivity contribution >= 4 is 39.3 Å². The molecule has 0 aliphatic carbocycles. The summed E-state index contributed by atoms with van der Waals surface area (Å²) in [5.74, 6) is -0.824. The van der Waals surface area contributed by atoms with Gasteiger partial charge in [-0.15, -0.1) is 11.3 Å². The van der Waals surface area contributed by atoms with Crippen molar-refractivity contribution in [1.29, 1.82) is 0 Å². The monoisotopic (exact) mass is 375 g/mol. The molecule has 1 aliphatic heterocycles. The zero-order valence-corrected chi connectivity index (χ0v) is 14.2. The van der Waals surface area contributed by atoms with Gasteiger partial charge in [0.25, 0.3) is 0 Å². The highest BCUT2D eigenvalue weighted by molar-refractivity contribution is 9.11. The fourth-order valence-corrected chi connectivity index (χ4v) is 3.50. The van der Waals surface area contributed by atoms with Gasteiger partial charge in [0, 0.05) is 39.8 Å². The predicted octanol–water partition coefficient (Wildman–Crippen LogP) is 1.76. The van der Waals surface area contributed by atoms with Crippen molar-refractivity contribution in [1.82, 2.24) is 14.7 Å². The second-order valence-corrected chi connectivity index (χ2v) is 7.35. The number of carboxylic acids is 1. The molecule has 1 fully saturated rings. The highest BCUT2D eigenvalue weighted by Crippen LogP contribution is 2.21. The van der Waals surface area contributed by atoms with Crippen LogP contribution in [0.5, 0.6) is 0 Å². The molecule has 1 aliphatic rings. The molecule has 1 aromatic heterocycles. The van der Waals surface area contributed by atoms with E-state index in [1.165, 1.54) is 0 Å². The largest absolute Gasteiger partial charge is 0.480 e.